The van der Waals surface area contributed by atoms with Gasteiger partial charge in [0.25, 0.3) is 0 Å². The van der Waals surface area contributed by atoms with E-state index in [2.05, 4.69) is 0 Å². The van der Waals surface area contributed by atoms with Crippen molar-refractivity contribution < 1.29 is 30.8 Å². The molecule has 1 aliphatic rings. The number of rotatable bonds is 3. The zero-order valence-corrected chi connectivity index (χ0v) is 16.9. The number of ether oxygens (including phenoxy) is 1. The molecule has 0 atom stereocenters. The molecular formula is C16H23FN2O6S2. The number of nitrogens with two attached hydrogens (primary N) is 1. The second-order valence-electron chi connectivity index (χ2n) is 7.35. The van der Waals surface area contributed by atoms with E-state index in [-0.39, 0.29) is 25.9 Å². The molecule has 11 heteroatoms. The molecule has 1 amide bonds. The fraction of sp³-hybridized carbons (Fsp3) is 0.562. The molecule has 1 aliphatic heterocycles. The zero-order chi connectivity index (χ0) is 20.6. The maximum absolute atomic E-state index is 14.2. The van der Waals surface area contributed by atoms with Gasteiger partial charge in [0.1, 0.15) is 16.3 Å². The van der Waals surface area contributed by atoms with Crippen molar-refractivity contribution in [3.05, 3.63) is 24.0 Å². The lowest BCUT2D eigenvalue weighted by Gasteiger charge is -2.33. The minimum absolute atomic E-state index is 0.123. The van der Waals surface area contributed by atoms with Gasteiger partial charge in [-0.1, -0.05) is 0 Å². The Labute approximate surface area is 158 Å². The standard InChI is InChI=1S/C16H23FN2O6S2/c1-16(2,3)25-15(20)19-8-6-11(7-9-19)26(21,22)14-5-4-12(10-13(14)17)27(18,23)24/h4-5,10-11H,6-9H2,1-3H3,(H2,18,23,24). The van der Waals surface area contributed by atoms with Gasteiger partial charge in [0.15, 0.2) is 9.84 Å². The van der Waals surface area contributed by atoms with Crippen LogP contribution in [0.1, 0.15) is 33.6 Å². The van der Waals surface area contributed by atoms with Gasteiger partial charge in [0, 0.05) is 13.1 Å². The predicted molar refractivity (Wildman–Crippen MR) is 95.8 cm³/mol. The number of sulfonamides is 1. The first-order valence-corrected chi connectivity index (χ1v) is 11.4. The molecule has 0 radical (unpaired) electrons. The molecular weight excluding hydrogens is 399 g/mol. The van der Waals surface area contributed by atoms with Crippen LogP contribution in [0.25, 0.3) is 0 Å². The third kappa shape index (κ3) is 5.17. The highest BCUT2D eigenvalue weighted by atomic mass is 32.2. The number of nitrogens with zero attached hydrogens (tertiary/aromatic N) is 1. The number of halogens is 1. The van der Waals surface area contributed by atoms with E-state index in [1.165, 1.54) is 4.90 Å². The maximum Gasteiger partial charge on any atom is 0.410 e. The van der Waals surface area contributed by atoms with Crippen LogP contribution in [-0.2, 0) is 24.6 Å². The average Bonchev–Trinajstić information content (AvgIpc) is 2.52. The van der Waals surface area contributed by atoms with E-state index >= 15 is 0 Å². The number of hydrogen-bond donors (Lipinski definition) is 1. The summed E-state index contributed by atoms with van der Waals surface area (Å²) in [5, 5.41) is 4.04. The highest BCUT2D eigenvalue weighted by Gasteiger charge is 2.35. The molecule has 1 heterocycles. The van der Waals surface area contributed by atoms with Crippen molar-refractivity contribution in [3.63, 3.8) is 0 Å². The Kier molecular flexibility index (Phi) is 5.88. The van der Waals surface area contributed by atoms with Crippen LogP contribution >= 0.6 is 0 Å². The van der Waals surface area contributed by atoms with Crippen molar-refractivity contribution in [2.45, 2.75) is 54.3 Å². The van der Waals surface area contributed by atoms with Crippen molar-refractivity contribution in [2.75, 3.05) is 13.1 Å². The van der Waals surface area contributed by atoms with Gasteiger partial charge in [-0.2, -0.15) is 0 Å². The normalized spacial score (nSPS) is 17.0. The van der Waals surface area contributed by atoms with E-state index in [1.54, 1.807) is 20.8 Å². The topological polar surface area (TPSA) is 124 Å². The molecule has 2 rings (SSSR count). The Balaban J connectivity index is 2.15. The molecule has 0 aliphatic carbocycles. The van der Waals surface area contributed by atoms with Gasteiger partial charge in [0.05, 0.1) is 10.1 Å². The molecule has 27 heavy (non-hydrogen) atoms. The lowest BCUT2D eigenvalue weighted by Crippen LogP contribution is -2.44. The summed E-state index contributed by atoms with van der Waals surface area (Å²) in [7, 11) is -8.17. The first-order chi connectivity index (χ1) is 12.2. The number of hydrogen-bond acceptors (Lipinski definition) is 6. The van der Waals surface area contributed by atoms with Crippen LogP contribution in [0.3, 0.4) is 0 Å². The average molecular weight is 423 g/mol. The minimum Gasteiger partial charge on any atom is -0.444 e. The summed E-state index contributed by atoms with van der Waals surface area (Å²) < 4.78 is 67.4. The Hall–Kier alpha value is -1.72. The van der Waals surface area contributed by atoms with Crippen LogP contribution in [0.15, 0.2) is 28.0 Å². The fourth-order valence-electron chi connectivity index (χ4n) is 2.74. The van der Waals surface area contributed by atoms with Gasteiger partial charge in [-0.15, -0.1) is 0 Å². The van der Waals surface area contributed by atoms with E-state index in [1.807, 2.05) is 0 Å². The van der Waals surface area contributed by atoms with Crippen molar-refractivity contribution in [3.8, 4) is 0 Å². The highest BCUT2D eigenvalue weighted by molar-refractivity contribution is 7.92. The summed E-state index contributed by atoms with van der Waals surface area (Å²) in [6, 6.07) is 2.46. The van der Waals surface area contributed by atoms with Gasteiger partial charge in [-0.05, 0) is 51.8 Å². The second kappa shape index (κ2) is 7.36. The van der Waals surface area contributed by atoms with Crippen molar-refractivity contribution in [2.24, 2.45) is 5.14 Å². The molecule has 0 spiro atoms. The molecule has 0 saturated carbocycles. The molecule has 152 valence electrons. The van der Waals surface area contributed by atoms with E-state index in [0.717, 1.165) is 12.1 Å². The van der Waals surface area contributed by atoms with Crippen LogP contribution in [0.5, 0.6) is 0 Å². The number of piperidine rings is 1. The zero-order valence-electron chi connectivity index (χ0n) is 15.3. The summed E-state index contributed by atoms with van der Waals surface area (Å²) in [6.07, 6.45) is -0.280. The number of primary sulfonamides is 1. The van der Waals surface area contributed by atoms with Gasteiger partial charge in [0.2, 0.25) is 10.0 Å². The minimum atomic E-state index is -4.14. The first kappa shape index (κ1) is 21.6. The Bertz CT molecular complexity index is 930. The summed E-state index contributed by atoms with van der Waals surface area (Å²) in [4.78, 5) is 12.4. The lowest BCUT2D eigenvalue weighted by molar-refractivity contribution is 0.0217. The monoisotopic (exact) mass is 422 g/mol. The highest BCUT2D eigenvalue weighted by Crippen LogP contribution is 2.28. The number of carbonyl (C=O) groups is 1. The van der Waals surface area contributed by atoms with Gasteiger partial charge in [-0.25, -0.2) is 31.2 Å². The van der Waals surface area contributed by atoms with Crippen LogP contribution in [-0.4, -0.2) is 51.8 Å². The third-order valence-electron chi connectivity index (χ3n) is 4.07. The van der Waals surface area contributed by atoms with E-state index in [0.29, 0.717) is 6.07 Å². The molecule has 1 aromatic carbocycles. The SMILES string of the molecule is CC(C)(C)OC(=O)N1CCC(S(=O)(=O)c2ccc(S(N)(=O)=O)cc2F)CC1. The number of amides is 1. The number of sulfone groups is 1. The Morgan fingerprint density at radius 1 is 1.19 bits per heavy atom. The van der Waals surface area contributed by atoms with E-state index in [9.17, 15) is 26.0 Å². The Morgan fingerprint density at radius 3 is 2.19 bits per heavy atom. The largest absolute Gasteiger partial charge is 0.444 e. The number of carbonyl (C=O) groups excluding carboxylic acids is 1. The summed E-state index contributed by atoms with van der Waals surface area (Å²) >= 11 is 0. The predicted octanol–water partition coefficient (Wildman–Crippen LogP) is 1.65. The molecule has 1 fully saturated rings. The molecule has 8 nitrogen and oxygen atoms in total. The molecule has 0 aromatic heterocycles. The summed E-state index contributed by atoms with van der Waals surface area (Å²) in [5.74, 6) is -1.17. The van der Waals surface area contributed by atoms with Crippen LogP contribution in [0.4, 0.5) is 9.18 Å². The molecule has 1 saturated heterocycles. The number of likely N-dealkylation sites (tertiary alicyclic amines) is 1. The van der Waals surface area contributed by atoms with Gasteiger partial charge in [-0.3, -0.25) is 0 Å². The quantitative estimate of drug-likeness (QED) is 0.790. The van der Waals surface area contributed by atoms with E-state index < -0.39 is 52.4 Å². The fourth-order valence-corrected chi connectivity index (χ4v) is 5.05. The van der Waals surface area contributed by atoms with Gasteiger partial charge < -0.3 is 9.64 Å². The van der Waals surface area contributed by atoms with Crippen LogP contribution in [0.2, 0.25) is 0 Å². The second-order valence-corrected chi connectivity index (χ2v) is 11.1. The lowest BCUT2D eigenvalue weighted by atomic mass is 10.1. The summed E-state index contributed by atoms with van der Waals surface area (Å²) in [6.45, 7) is 5.52. The first-order valence-electron chi connectivity index (χ1n) is 8.26. The molecule has 0 unspecified atom stereocenters. The van der Waals surface area contributed by atoms with Crippen molar-refractivity contribution in [1.29, 1.82) is 0 Å². The molecule has 2 N–H and O–H groups in total. The van der Waals surface area contributed by atoms with Crippen molar-refractivity contribution in [1.82, 2.24) is 4.90 Å². The van der Waals surface area contributed by atoms with Crippen LogP contribution in [0, 0.1) is 5.82 Å². The van der Waals surface area contributed by atoms with Crippen molar-refractivity contribution >= 4 is 26.0 Å². The maximum atomic E-state index is 14.2. The van der Waals surface area contributed by atoms with Gasteiger partial charge >= 0.3 is 6.09 Å². The third-order valence-corrected chi connectivity index (χ3v) is 7.28. The smallest absolute Gasteiger partial charge is 0.410 e. The summed E-state index contributed by atoms with van der Waals surface area (Å²) in [5.41, 5.74) is -0.659. The Morgan fingerprint density at radius 2 is 1.74 bits per heavy atom. The molecule has 1 aromatic rings. The number of benzene rings is 1. The molecule has 0 bridgehead atoms. The van der Waals surface area contributed by atoms with E-state index in [4.69, 9.17) is 9.88 Å². The van der Waals surface area contributed by atoms with Crippen LogP contribution < -0.4 is 5.14 Å².